The minimum atomic E-state index is -1.40. The van der Waals surface area contributed by atoms with Gasteiger partial charge in [-0.15, -0.1) is 0 Å². The fourth-order valence-corrected chi connectivity index (χ4v) is 4.34. The van der Waals surface area contributed by atoms with Crippen molar-refractivity contribution < 1.29 is 127 Å². The van der Waals surface area contributed by atoms with Crippen LogP contribution in [0.5, 0.6) is 0 Å². The number of rotatable bonds is 20. The van der Waals surface area contributed by atoms with E-state index in [1.54, 1.807) is 83.1 Å². The molecule has 6 amide bonds. The molecule has 0 aliphatic carbocycles. The van der Waals surface area contributed by atoms with E-state index in [2.05, 4.69) is 31.9 Å². The van der Waals surface area contributed by atoms with Gasteiger partial charge in [0, 0.05) is 46.7 Å². The Morgan fingerprint density at radius 1 is 0.417 bits per heavy atom. The molecule has 0 fully saturated rings. The molecule has 60 heavy (non-hydrogen) atoms. The first-order chi connectivity index (χ1) is 26.0. The summed E-state index contributed by atoms with van der Waals surface area (Å²) in [6, 6.07) is -4.74. The van der Waals surface area contributed by atoms with Crippen molar-refractivity contribution >= 4 is 59.3 Å². The fraction of sp³-hybridized carbons (Fsp3) is 0.737. The quantitative estimate of drug-likeness (QED) is 0.0528. The Morgan fingerprint density at radius 2 is 0.650 bits per heavy atom. The Balaban J connectivity index is -0.000000506. The Hall–Kier alpha value is -3.30. The van der Waals surface area contributed by atoms with E-state index in [0.29, 0.717) is 0 Å². The summed E-state index contributed by atoms with van der Waals surface area (Å²) in [6.07, 6.45) is -2.47. The molecule has 0 aliphatic rings. The molecule has 22 heteroatoms. The summed E-state index contributed by atoms with van der Waals surface area (Å²) in [5.41, 5.74) is -2.88. The average molecular weight is 875 g/mol. The van der Waals surface area contributed by atoms with Crippen LogP contribution in [0.25, 0.3) is 0 Å². The second-order valence-corrected chi connectivity index (χ2v) is 17.8. The van der Waals surface area contributed by atoms with Crippen LogP contribution in [0.2, 0.25) is 0 Å². The van der Waals surface area contributed by atoms with Gasteiger partial charge in [0.05, 0.1) is 0 Å². The van der Waals surface area contributed by atoms with Crippen LogP contribution in [0, 0.1) is 10.8 Å². The van der Waals surface area contributed by atoms with Gasteiger partial charge < -0.3 is 61.9 Å². The summed E-state index contributed by atoms with van der Waals surface area (Å²) in [4.78, 5) is 118. The zero-order valence-electron chi connectivity index (χ0n) is 37.8. The van der Waals surface area contributed by atoms with Crippen molar-refractivity contribution in [3.8, 4) is 0 Å². The topological polar surface area (TPSA) is 329 Å². The van der Waals surface area contributed by atoms with E-state index in [4.69, 9.17) is 10.2 Å². The van der Waals surface area contributed by atoms with E-state index in [9.17, 15) is 58.2 Å². The van der Waals surface area contributed by atoms with Crippen molar-refractivity contribution in [2.75, 3.05) is 0 Å². The Labute approximate surface area is 396 Å². The Kier molecular flexibility index (Phi) is 29.9. The van der Waals surface area contributed by atoms with Crippen LogP contribution >= 0.6 is 0 Å². The maximum atomic E-state index is 12.7. The summed E-state index contributed by atoms with van der Waals surface area (Å²) in [6.45, 7) is 20.1. The molecule has 8 N–H and O–H groups in total. The second-order valence-electron chi connectivity index (χ2n) is 17.8. The molecule has 0 aliphatic heterocycles. The minimum Gasteiger partial charge on any atom is -0.550 e. The molecule has 4 atom stereocenters. The molecule has 0 saturated carbocycles. The zero-order valence-corrected chi connectivity index (χ0v) is 41.8. The molecule has 0 rings (SSSR count). The standard InChI is InChI=1S/2C19H33N3O7.2Na/c2*1-18(2,3)17(29)21-11(7-9-13(23)24)15(27)20-12(8-10-14(25)26)16(28)22-19(4,5)6;;/h2*11-12H,7-10H2,1-6H3,(H,20,27)(H,21,29)(H,22,28)(H,23,24)(H,25,26);;/q;;2*+1/p-2. The number of aliphatic carboxylic acids is 4. The third-order valence-electron chi connectivity index (χ3n) is 7.44. The molecule has 0 saturated heterocycles. The van der Waals surface area contributed by atoms with Crippen LogP contribution in [0.15, 0.2) is 0 Å². The molecule has 4 unspecified atom stereocenters. The van der Waals surface area contributed by atoms with E-state index in [-0.39, 0.29) is 97.6 Å². The van der Waals surface area contributed by atoms with Crippen molar-refractivity contribution in [2.24, 2.45) is 10.8 Å². The van der Waals surface area contributed by atoms with Crippen molar-refractivity contribution in [1.29, 1.82) is 0 Å². The van der Waals surface area contributed by atoms with E-state index >= 15 is 0 Å². The van der Waals surface area contributed by atoms with E-state index in [0.717, 1.165) is 0 Å². The third-order valence-corrected chi connectivity index (χ3v) is 7.44. The van der Waals surface area contributed by atoms with Crippen LogP contribution < -0.4 is 101 Å². The molecule has 20 nitrogen and oxygen atoms in total. The maximum absolute atomic E-state index is 12.7. The summed E-state index contributed by atoms with van der Waals surface area (Å²) in [7, 11) is 0. The first-order valence-corrected chi connectivity index (χ1v) is 18.8. The van der Waals surface area contributed by atoms with Gasteiger partial charge in [-0.25, -0.2) is 0 Å². The first-order valence-electron chi connectivity index (χ1n) is 18.8. The number of carbonyl (C=O) groups is 10. The molecule has 0 aromatic rings. The smallest absolute Gasteiger partial charge is 0.550 e. The molecule has 0 aromatic carbocycles. The maximum Gasteiger partial charge on any atom is 1.00 e. The predicted molar refractivity (Wildman–Crippen MR) is 205 cm³/mol. The molecule has 0 aromatic heterocycles. The SMILES string of the molecule is CC(C)(C)NC(=O)C(CCC(=O)O)NC(=O)C(CCC(=O)O)NC(=O)C(C)(C)C.CC(C)(C)NC(=O)C(CCC(=O)[O-])NC(=O)C(CCC(=O)[O-])NC(=O)C(C)(C)C.[Na+].[Na+]. The van der Waals surface area contributed by atoms with E-state index < -0.39 is 118 Å². The molecular weight excluding hydrogens is 810 g/mol. The normalized spacial score (nSPS) is 13.3. The first kappa shape index (κ1) is 63.3. The van der Waals surface area contributed by atoms with Crippen molar-refractivity contribution in [3.63, 3.8) is 0 Å². The Bertz CT molecular complexity index is 1390. The molecule has 332 valence electrons. The van der Waals surface area contributed by atoms with Gasteiger partial charge in [0.2, 0.25) is 35.4 Å². The van der Waals surface area contributed by atoms with Gasteiger partial charge in [-0.2, -0.15) is 0 Å². The summed E-state index contributed by atoms with van der Waals surface area (Å²) in [5.74, 6) is -8.70. The van der Waals surface area contributed by atoms with Crippen molar-refractivity contribution in [2.45, 2.75) is 170 Å². The molecular formula is C38H64N6Na2O14. The van der Waals surface area contributed by atoms with Gasteiger partial charge in [0.25, 0.3) is 0 Å². The van der Waals surface area contributed by atoms with Crippen LogP contribution in [-0.2, 0) is 47.9 Å². The number of carboxylic acid groups (broad SMARTS) is 4. The molecule has 0 heterocycles. The van der Waals surface area contributed by atoms with Crippen molar-refractivity contribution in [3.05, 3.63) is 0 Å². The monoisotopic (exact) mass is 874 g/mol. The largest absolute Gasteiger partial charge is 1.00 e. The van der Waals surface area contributed by atoms with Crippen LogP contribution in [0.1, 0.15) is 134 Å². The van der Waals surface area contributed by atoms with Gasteiger partial charge in [0.15, 0.2) is 0 Å². The summed E-state index contributed by atoms with van der Waals surface area (Å²) >= 11 is 0. The van der Waals surface area contributed by atoms with Crippen LogP contribution in [0.3, 0.4) is 0 Å². The number of carboxylic acids is 4. The van der Waals surface area contributed by atoms with Crippen LogP contribution in [0.4, 0.5) is 0 Å². The van der Waals surface area contributed by atoms with Gasteiger partial charge in [-0.05, 0) is 80.1 Å². The number of nitrogens with one attached hydrogen (secondary N) is 6. The molecule has 0 bridgehead atoms. The number of hydrogen-bond donors (Lipinski definition) is 8. The zero-order chi connectivity index (χ0) is 46.0. The van der Waals surface area contributed by atoms with Gasteiger partial charge in [-0.3, -0.25) is 38.4 Å². The second kappa shape index (κ2) is 28.3. The van der Waals surface area contributed by atoms with Gasteiger partial charge in [-0.1, -0.05) is 41.5 Å². The molecule has 0 radical (unpaired) electrons. The van der Waals surface area contributed by atoms with Gasteiger partial charge >= 0.3 is 71.1 Å². The summed E-state index contributed by atoms with van der Waals surface area (Å²) in [5, 5.41) is 54.5. The summed E-state index contributed by atoms with van der Waals surface area (Å²) < 4.78 is 0. The van der Waals surface area contributed by atoms with E-state index in [1.165, 1.54) is 0 Å². The van der Waals surface area contributed by atoms with Crippen molar-refractivity contribution in [1.82, 2.24) is 31.9 Å². The fourth-order valence-electron chi connectivity index (χ4n) is 4.34. The number of hydrogen-bond acceptors (Lipinski definition) is 12. The number of carbonyl (C=O) groups excluding carboxylic acids is 8. The minimum absolute atomic E-state index is 0. The van der Waals surface area contributed by atoms with E-state index in [1.807, 2.05) is 0 Å². The van der Waals surface area contributed by atoms with Gasteiger partial charge in [0.1, 0.15) is 24.2 Å². The molecule has 0 spiro atoms. The Morgan fingerprint density at radius 3 is 0.850 bits per heavy atom. The predicted octanol–water partition coefficient (Wildman–Crippen LogP) is -7.37. The number of amides is 6. The average Bonchev–Trinajstić information content (AvgIpc) is 3.01. The third kappa shape index (κ3) is 31.6. The van der Waals surface area contributed by atoms with Crippen LogP contribution in [-0.4, -0.2) is 105 Å².